The zero-order valence-electron chi connectivity index (χ0n) is 18.0. The van der Waals surface area contributed by atoms with Gasteiger partial charge in [-0.3, -0.25) is 4.90 Å². The van der Waals surface area contributed by atoms with Crippen LogP contribution in [0.4, 0.5) is 10.5 Å². The number of para-hydroxylation sites is 2. The summed E-state index contributed by atoms with van der Waals surface area (Å²) in [6, 6.07) is 12.2. The number of piperazine rings is 1. The van der Waals surface area contributed by atoms with Gasteiger partial charge in [-0.2, -0.15) is 9.78 Å². The predicted molar refractivity (Wildman–Crippen MR) is 123 cm³/mol. The summed E-state index contributed by atoms with van der Waals surface area (Å²) >= 11 is 1.63. The van der Waals surface area contributed by atoms with Gasteiger partial charge in [0.05, 0.1) is 24.3 Å². The number of carbonyl (C=O) groups excluding carboxylic acids is 1. The quantitative estimate of drug-likeness (QED) is 0.554. The van der Waals surface area contributed by atoms with E-state index in [0.717, 1.165) is 66.7 Å². The molecular weight excluding hydrogens is 412 g/mol. The standard InChI is InChI=1S/C23H28N4O3S/c1-3-30-23(28)27-17-18(22(24-27)21-9-6-16-31-21)10-11-25-12-14-26(15-13-25)19-7-4-5-8-20(19)29-2/h4-9,16-17H,3,10-15H2,1-2H3. The summed E-state index contributed by atoms with van der Waals surface area (Å²) in [5, 5.41) is 6.55. The van der Waals surface area contributed by atoms with E-state index in [2.05, 4.69) is 27.0 Å². The van der Waals surface area contributed by atoms with Crippen LogP contribution in [-0.4, -0.2) is 67.2 Å². The normalized spacial score (nSPS) is 14.6. The molecular formula is C23H28N4O3S. The fraction of sp³-hybridized carbons (Fsp3) is 0.391. The molecule has 0 spiro atoms. The first-order chi connectivity index (χ1) is 15.2. The lowest BCUT2D eigenvalue weighted by molar-refractivity contribution is 0.150. The van der Waals surface area contributed by atoms with Crippen molar-refractivity contribution in [2.45, 2.75) is 13.3 Å². The number of aromatic nitrogens is 2. The minimum absolute atomic E-state index is 0.332. The minimum Gasteiger partial charge on any atom is -0.495 e. The highest BCUT2D eigenvalue weighted by atomic mass is 32.1. The van der Waals surface area contributed by atoms with Crippen LogP contribution < -0.4 is 9.64 Å². The van der Waals surface area contributed by atoms with E-state index < -0.39 is 6.09 Å². The monoisotopic (exact) mass is 440 g/mol. The van der Waals surface area contributed by atoms with Crippen LogP contribution in [0.3, 0.4) is 0 Å². The Morgan fingerprint density at radius 1 is 1.13 bits per heavy atom. The van der Waals surface area contributed by atoms with E-state index in [-0.39, 0.29) is 0 Å². The van der Waals surface area contributed by atoms with Crippen LogP contribution in [0.15, 0.2) is 48.0 Å². The number of rotatable bonds is 7. The molecule has 3 heterocycles. The molecule has 8 heteroatoms. The molecule has 31 heavy (non-hydrogen) atoms. The third-order valence-corrected chi connectivity index (χ3v) is 6.37. The summed E-state index contributed by atoms with van der Waals surface area (Å²) in [6.45, 7) is 6.94. The summed E-state index contributed by atoms with van der Waals surface area (Å²) in [7, 11) is 1.72. The van der Waals surface area contributed by atoms with Crippen LogP contribution in [-0.2, 0) is 11.2 Å². The lowest BCUT2D eigenvalue weighted by Crippen LogP contribution is -2.47. The van der Waals surface area contributed by atoms with Gasteiger partial charge in [0.2, 0.25) is 0 Å². The van der Waals surface area contributed by atoms with Crippen molar-refractivity contribution in [2.75, 3.05) is 51.3 Å². The summed E-state index contributed by atoms with van der Waals surface area (Å²) in [5.74, 6) is 0.919. The van der Waals surface area contributed by atoms with Crippen molar-refractivity contribution in [3.05, 3.63) is 53.5 Å². The number of anilines is 1. The molecule has 0 saturated carbocycles. The Labute approximate surface area is 186 Å². The highest BCUT2D eigenvalue weighted by molar-refractivity contribution is 7.13. The van der Waals surface area contributed by atoms with Crippen LogP contribution >= 0.6 is 11.3 Å². The van der Waals surface area contributed by atoms with E-state index in [4.69, 9.17) is 9.47 Å². The minimum atomic E-state index is -0.433. The lowest BCUT2D eigenvalue weighted by atomic mass is 10.1. The Morgan fingerprint density at radius 2 is 1.94 bits per heavy atom. The number of thiophene rings is 1. The van der Waals surface area contributed by atoms with Crippen molar-refractivity contribution < 1.29 is 14.3 Å². The van der Waals surface area contributed by atoms with E-state index in [9.17, 15) is 4.79 Å². The zero-order valence-corrected chi connectivity index (χ0v) is 18.8. The fourth-order valence-electron chi connectivity index (χ4n) is 3.88. The summed E-state index contributed by atoms with van der Waals surface area (Å²) < 4.78 is 12.0. The molecule has 1 aromatic carbocycles. The number of nitrogens with zero attached hydrogens (tertiary/aromatic N) is 4. The summed E-state index contributed by atoms with van der Waals surface area (Å²) in [5.41, 5.74) is 3.10. The van der Waals surface area contributed by atoms with Gasteiger partial charge in [-0.15, -0.1) is 11.3 Å². The average Bonchev–Trinajstić information content (AvgIpc) is 3.48. The Balaban J connectivity index is 1.40. The van der Waals surface area contributed by atoms with E-state index in [1.165, 1.54) is 4.68 Å². The van der Waals surface area contributed by atoms with Crippen LogP contribution in [0.25, 0.3) is 10.6 Å². The first kappa shape index (κ1) is 21.4. The highest BCUT2D eigenvalue weighted by Gasteiger charge is 2.21. The maximum Gasteiger partial charge on any atom is 0.434 e. The van der Waals surface area contributed by atoms with Crippen molar-refractivity contribution in [3.63, 3.8) is 0 Å². The van der Waals surface area contributed by atoms with E-state index in [1.807, 2.05) is 35.8 Å². The molecule has 2 aromatic heterocycles. The third kappa shape index (κ3) is 4.91. The molecule has 1 aliphatic heterocycles. The molecule has 4 rings (SSSR count). The van der Waals surface area contributed by atoms with Crippen molar-refractivity contribution in [1.82, 2.24) is 14.7 Å². The lowest BCUT2D eigenvalue weighted by Gasteiger charge is -2.36. The molecule has 1 saturated heterocycles. The molecule has 0 bridgehead atoms. The number of benzene rings is 1. The first-order valence-corrected chi connectivity index (χ1v) is 11.5. The Hall–Kier alpha value is -2.84. The third-order valence-electron chi connectivity index (χ3n) is 5.49. The van der Waals surface area contributed by atoms with Gasteiger partial charge in [-0.05, 0) is 36.9 Å². The summed E-state index contributed by atoms with van der Waals surface area (Å²) in [4.78, 5) is 18.1. The van der Waals surface area contributed by atoms with Crippen molar-refractivity contribution in [3.8, 4) is 16.3 Å². The second-order valence-electron chi connectivity index (χ2n) is 7.37. The molecule has 0 unspecified atom stereocenters. The molecule has 3 aromatic rings. The molecule has 0 N–H and O–H groups in total. The van der Waals surface area contributed by atoms with Crippen LogP contribution in [0, 0.1) is 0 Å². The zero-order chi connectivity index (χ0) is 21.6. The van der Waals surface area contributed by atoms with Crippen molar-refractivity contribution in [1.29, 1.82) is 0 Å². The SMILES string of the molecule is CCOC(=O)n1cc(CCN2CCN(c3ccccc3OC)CC2)c(-c2cccs2)n1. The van der Waals surface area contributed by atoms with Crippen LogP contribution in [0.5, 0.6) is 5.75 Å². The maximum absolute atomic E-state index is 12.2. The maximum atomic E-state index is 12.2. The molecule has 164 valence electrons. The van der Waals surface area contributed by atoms with E-state index >= 15 is 0 Å². The number of hydrogen-bond donors (Lipinski definition) is 0. The van der Waals surface area contributed by atoms with Gasteiger partial charge in [0, 0.05) is 44.5 Å². The smallest absolute Gasteiger partial charge is 0.434 e. The molecule has 1 aliphatic rings. The Morgan fingerprint density at radius 3 is 2.65 bits per heavy atom. The van der Waals surface area contributed by atoms with Crippen LogP contribution in [0.2, 0.25) is 0 Å². The second kappa shape index (κ2) is 9.98. The van der Waals surface area contributed by atoms with Gasteiger partial charge < -0.3 is 14.4 Å². The topological polar surface area (TPSA) is 59.8 Å². The van der Waals surface area contributed by atoms with Gasteiger partial charge in [0.1, 0.15) is 11.4 Å². The second-order valence-corrected chi connectivity index (χ2v) is 8.32. The molecule has 0 amide bonds. The van der Waals surface area contributed by atoms with Gasteiger partial charge in [0.25, 0.3) is 0 Å². The Kier molecular flexibility index (Phi) is 6.89. The fourth-order valence-corrected chi connectivity index (χ4v) is 4.62. The largest absolute Gasteiger partial charge is 0.495 e. The number of methoxy groups -OCH3 is 1. The Bertz CT molecular complexity index is 994. The van der Waals surface area contributed by atoms with Gasteiger partial charge in [0.15, 0.2) is 0 Å². The van der Waals surface area contributed by atoms with Crippen LogP contribution in [0.1, 0.15) is 12.5 Å². The molecule has 0 atom stereocenters. The predicted octanol–water partition coefficient (Wildman–Crippen LogP) is 3.99. The van der Waals surface area contributed by atoms with E-state index in [1.54, 1.807) is 25.4 Å². The van der Waals surface area contributed by atoms with Gasteiger partial charge in [-0.25, -0.2) is 4.79 Å². The number of hydrogen-bond acceptors (Lipinski definition) is 7. The molecule has 0 aliphatic carbocycles. The molecule has 7 nitrogen and oxygen atoms in total. The highest BCUT2D eigenvalue weighted by Crippen LogP contribution is 2.29. The number of ether oxygens (including phenoxy) is 2. The van der Waals surface area contributed by atoms with Crippen molar-refractivity contribution in [2.24, 2.45) is 0 Å². The van der Waals surface area contributed by atoms with Gasteiger partial charge in [-0.1, -0.05) is 18.2 Å². The molecule has 1 fully saturated rings. The van der Waals surface area contributed by atoms with Gasteiger partial charge >= 0.3 is 6.09 Å². The summed E-state index contributed by atoms with van der Waals surface area (Å²) in [6.07, 6.45) is 2.22. The van der Waals surface area contributed by atoms with E-state index in [0.29, 0.717) is 6.61 Å². The average molecular weight is 441 g/mol. The van der Waals surface area contributed by atoms with Crippen molar-refractivity contribution >= 4 is 23.1 Å². The molecule has 0 radical (unpaired) electrons. The number of carbonyl (C=O) groups is 1. The first-order valence-electron chi connectivity index (χ1n) is 10.6.